The van der Waals surface area contributed by atoms with Crippen LogP contribution in [-0.4, -0.2) is 28.0 Å². The fourth-order valence-electron chi connectivity index (χ4n) is 1.91. The predicted octanol–water partition coefficient (Wildman–Crippen LogP) is 2.32. The summed E-state index contributed by atoms with van der Waals surface area (Å²) in [6.45, 7) is 0.578. The maximum absolute atomic E-state index is 11.0. The summed E-state index contributed by atoms with van der Waals surface area (Å²) in [5.41, 5.74) is 3.92. The number of nitrogens with one attached hydrogen (secondary N) is 1. The third-order valence-corrected chi connectivity index (χ3v) is 3.20. The van der Waals surface area contributed by atoms with Gasteiger partial charge in [0.1, 0.15) is 0 Å². The maximum Gasteiger partial charge on any atom is 0.285 e. The highest BCUT2D eigenvalue weighted by Crippen LogP contribution is 2.22. The van der Waals surface area contributed by atoms with Gasteiger partial charge in [0.25, 0.3) is 6.17 Å². The Morgan fingerprint density at radius 3 is 2.76 bits per heavy atom. The molecule has 1 fully saturated rings. The first kappa shape index (κ1) is 12.1. The Balaban J connectivity index is 2.06. The third kappa shape index (κ3) is 3.08. The number of anilines is 1. The minimum absolute atomic E-state index is 0.112. The van der Waals surface area contributed by atoms with Gasteiger partial charge in [-0.05, 0) is 18.6 Å². The average molecular weight is 256 g/mol. The summed E-state index contributed by atoms with van der Waals surface area (Å²) >= 11 is 5.96. The molecule has 6 heteroatoms. The highest BCUT2D eigenvalue weighted by Gasteiger charge is 2.35. The summed E-state index contributed by atoms with van der Waals surface area (Å²) in [5, 5.41) is 12.5. The summed E-state index contributed by atoms with van der Waals surface area (Å²) < 4.78 is 0. The van der Waals surface area contributed by atoms with Crippen molar-refractivity contribution in [3.8, 4) is 0 Å². The molecule has 0 aliphatic carbocycles. The van der Waals surface area contributed by atoms with E-state index in [9.17, 15) is 10.1 Å². The Kier molecular flexibility index (Phi) is 3.81. The van der Waals surface area contributed by atoms with Crippen molar-refractivity contribution in [2.24, 2.45) is 0 Å². The van der Waals surface area contributed by atoms with Gasteiger partial charge in [0.05, 0.1) is 0 Å². The fraction of sp³-hybridized carbons (Fsp3) is 0.455. The van der Waals surface area contributed by atoms with Crippen molar-refractivity contribution in [1.29, 1.82) is 0 Å². The zero-order valence-corrected chi connectivity index (χ0v) is 10.0. The molecule has 17 heavy (non-hydrogen) atoms. The van der Waals surface area contributed by atoms with Crippen LogP contribution in [0.25, 0.3) is 0 Å². The van der Waals surface area contributed by atoms with Crippen LogP contribution in [0, 0.1) is 10.1 Å². The van der Waals surface area contributed by atoms with E-state index in [-0.39, 0.29) is 10.3 Å². The third-order valence-electron chi connectivity index (χ3n) is 2.80. The molecule has 1 aromatic rings. The Labute approximate surface area is 104 Å². The van der Waals surface area contributed by atoms with E-state index in [4.69, 9.17) is 11.6 Å². The van der Waals surface area contributed by atoms with Gasteiger partial charge in [-0.25, -0.2) is 0 Å². The van der Waals surface area contributed by atoms with Crippen LogP contribution in [0.15, 0.2) is 30.3 Å². The molecular formula is C11H14ClN3O2. The van der Waals surface area contributed by atoms with Gasteiger partial charge in [0.15, 0.2) is 0 Å². The number of para-hydroxylation sites is 1. The summed E-state index contributed by atoms with van der Waals surface area (Å²) in [7, 11) is 0. The molecule has 0 radical (unpaired) electrons. The van der Waals surface area contributed by atoms with Crippen LogP contribution in [0.2, 0.25) is 0 Å². The van der Waals surface area contributed by atoms with E-state index in [1.807, 2.05) is 30.3 Å². The molecule has 92 valence electrons. The van der Waals surface area contributed by atoms with E-state index >= 15 is 0 Å². The molecule has 1 aromatic carbocycles. The van der Waals surface area contributed by atoms with E-state index in [0.717, 1.165) is 12.1 Å². The standard InChI is InChI=1S/C11H14ClN3O2/c12-9-6-7-14(11(8-9)15(16)17)13-10-4-2-1-3-5-10/h1-5,9,11,13H,6-8H2. The molecule has 1 heterocycles. The first-order valence-corrected chi connectivity index (χ1v) is 5.96. The van der Waals surface area contributed by atoms with Crippen molar-refractivity contribution in [3.05, 3.63) is 40.4 Å². The van der Waals surface area contributed by atoms with Crippen LogP contribution in [0.1, 0.15) is 12.8 Å². The first-order chi connectivity index (χ1) is 8.16. The van der Waals surface area contributed by atoms with E-state index in [0.29, 0.717) is 13.0 Å². The molecule has 5 nitrogen and oxygen atoms in total. The summed E-state index contributed by atoms with van der Waals surface area (Å²) in [6, 6.07) is 9.43. The number of halogens is 1. The number of benzene rings is 1. The minimum Gasteiger partial charge on any atom is -0.313 e. The monoisotopic (exact) mass is 255 g/mol. The molecule has 2 atom stereocenters. The highest BCUT2D eigenvalue weighted by atomic mass is 35.5. The molecule has 1 aliphatic rings. The van der Waals surface area contributed by atoms with Crippen LogP contribution < -0.4 is 5.43 Å². The number of nitro groups is 1. The van der Waals surface area contributed by atoms with E-state index < -0.39 is 6.17 Å². The van der Waals surface area contributed by atoms with E-state index in [2.05, 4.69) is 5.43 Å². The van der Waals surface area contributed by atoms with Crippen molar-refractivity contribution in [2.75, 3.05) is 12.0 Å². The van der Waals surface area contributed by atoms with Crippen molar-refractivity contribution in [3.63, 3.8) is 0 Å². The second-order valence-electron chi connectivity index (χ2n) is 4.06. The molecular weight excluding hydrogens is 242 g/mol. The number of hydrogen-bond donors (Lipinski definition) is 1. The lowest BCUT2D eigenvalue weighted by molar-refractivity contribution is -0.552. The second-order valence-corrected chi connectivity index (χ2v) is 4.68. The van der Waals surface area contributed by atoms with Crippen LogP contribution >= 0.6 is 11.6 Å². The van der Waals surface area contributed by atoms with Gasteiger partial charge < -0.3 is 5.43 Å². The molecule has 1 saturated heterocycles. The molecule has 0 spiro atoms. The van der Waals surface area contributed by atoms with Gasteiger partial charge in [-0.2, -0.15) is 5.01 Å². The van der Waals surface area contributed by atoms with E-state index in [1.54, 1.807) is 5.01 Å². The number of rotatable bonds is 3. The van der Waals surface area contributed by atoms with Crippen molar-refractivity contribution in [1.82, 2.24) is 5.01 Å². The van der Waals surface area contributed by atoms with Gasteiger partial charge in [0.2, 0.25) is 0 Å². The molecule has 2 unspecified atom stereocenters. The van der Waals surface area contributed by atoms with Crippen LogP contribution in [0.4, 0.5) is 5.69 Å². The second kappa shape index (κ2) is 5.33. The summed E-state index contributed by atoms with van der Waals surface area (Å²) in [5.74, 6) is 0. The molecule has 1 aliphatic heterocycles. The van der Waals surface area contributed by atoms with Gasteiger partial charge in [0, 0.05) is 29.0 Å². The molecule has 0 bridgehead atoms. The lowest BCUT2D eigenvalue weighted by Gasteiger charge is -2.32. The first-order valence-electron chi connectivity index (χ1n) is 5.53. The average Bonchev–Trinajstić information content (AvgIpc) is 2.32. The lowest BCUT2D eigenvalue weighted by Crippen LogP contribution is -2.50. The Bertz CT molecular complexity index is 388. The van der Waals surface area contributed by atoms with Gasteiger partial charge in [-0.15, -0.1) is 11.6 Å². The smallest absolute Gasteiger partial charge is 0.285 e. The maximum atomic E-state index is 11.0. The number of alkyl halides is 1. The van der Waals surface area contributed by atoms with Gasteiger partial charge in [-0.3, -0.25) is 10.1 Å². The molecule has 0 saturated carbocycles. The fourth-order valence-corrected chi connectivity index (χ4v) is 2.17. The Morgan fingerprint density at radius 1 is 1.41 bits per heavy atom. The van der Waals surface area contributed by atoms with E-state index in [1.165, 1.54) is 0 Å². The predicted molar refractivity (Wildman–Crippen MR) is 66.4 cm³/mol. The Morgan fingerprint density at radius 2 is 2.12 bits per heavy atom. The highest BCUT2D eigenvalue weighted by molar-refractivity contribution is 6.20. The van der Waals surface area contributed by atoms with Gasteiger partial charge in [-0.1, -0.05) is 18.2 Å². The quantitative estimate of drug-likeness (QED) is 0.512. The zero-order valence-electron chi connectivity index (χ0n) is 9.25. The number of hydrazine groups is 1. The summed E-state index contributed by atoms with van der Waals surface area (Å²) in [6.07, 6.45) is 0.367. The number of hydrogen-bond acceptors (Lipinski definition) is 4. The normalized spacial score (nSPS) is 25.5. The van der Waals surface area contributed by atoms with Crippen molar-refractivity contribution >= 4 is 17.3 Å². The number of piperidine rings is 1. The topological polar surface area (TPSA) is 58.4 Å². The summed E-state index contributed by atoms with van der Waals surface area (Å²) in [4.78, 5) is 10.7. The SMILES string of the molecule is O=[N+]([O-])C1CC(Cl)CCN1Nc1ccccc1. The van der Waals surface area contributed by atoms with Gasteiger partial charge >= 0.3 is 0 Å². The Hall–Kier alpha value is -1.33. The number of nitrogens with zero attached hydrogens (tertiary/aromatic N) is 2. The van der Waals surface area contributed by atoms with Crippen LogP contribution in [0.5, 0.6) is 0 Å². The minimum atomic E-state index is -0.758. The molecule has 0 aromatic heterocycles. The van der Waals surface area contributed by atoms with Crippen molar-refractivity contribution in [2.45, 2.75) is 24.4 Å². The largest absolute Gasteiger partial charge is 0.313 e. The molecule has 2 rings (SSSR count). The molecule has 1 N–H and O–H groups in total. The zero-order chi connectivity index (χ0) is 12.3. The van der Waals surface area contributed by atoms with Crippen LogP contribution in [0.3, 0.4) is 0 Å². The molecule has 0 amide bonds. The lowest BCUT2D eigenvalue weighted by atomic mass is 10.1. The van der Waals surface area contributed by atoms with Crippen molar-refractivity contribution < 1.29 is 4.92 Å². The van der Waals surface area contributed by atoms with Crippen LogP contribution in [-0.2, 0) is 0 Å².